The summed E-state index contributed by atoms with van der Waals surface area (Å²) in [6.45, 7) is 0.939. The lowest BCUT2D eigenvalue weighted by molar-refractivity contribution is 0.0594. The number of cyclic esters (lactones) is 1. The Balaban J connectivity index is 2.00. The minimum atomic E-state index is -0.473. The van der Waals surface area contributed by atoms with Crippen LogP contribution in [-0.2, 0) is 9.47 Å². The van der Waals surface area contributed by atoms with E-state index in [1.54, 1.807) is 17.2 Å². The molecule has 2 aromatic rings. The highest BCUT2D eigenvalue weighted by Crippen LogP contribution is 2.24. The summed E-state index contributed by atoms with van der Waals surface area (Å²) in [4.78, 5) is 28.6. The van der Waals surface area contributed by atoms with Gasteiger partial charge in [0.15, 0.2) is 0 Å². The van der Waals surface area contributed by atoms with Crippen molar-refractivity contribution in [2.75, 3.05) is 25.2 Å². The largest absolute Gasteiger partial charge is 0.464 e. The third-order valence-corrected chi connectivity index (χ3v) is 3.17. The number of nitrogens with zero attached hydrogens (tertiary/aromatic N) is 2. The number of fused-ring (bicyclic) bond motifs is 1. The van der Waals surface area contributed by atoms with Crippen molar-refractivity contribution in [3.63, 3.8) is 0 Å². The predicted octanol–water partition coefficient (Wildman–Crippen LogP) is 1.98. The normalized spacial score (nSPS) is 14.4. The number of hydrogen-bond donors (Lipinski definition) is 0. The summed E-state index contributed by atoms with van der Waals surface area (Å²) in [6.07, 6.45) is 1.25. The maximum atomic E-state index is 11.5. The molecule has 3 rings (SSSR count). The summed E-state index contributed by atoms with van der Waals surface area (Å²) < 4.78 is 9.54. The van der Waals surface area contributed by atoms with E-state index in [0.29, 0.717) is 13.2 Å². The third kappa shape index (κ3) is 2.05. The Labute approximate surface area is 114 Å². The molecule has 0 spiro atoms. The Morgan fingerprint density at radius 1 is 1.35 bits per heavy atom. The zero-order valence-electron chi connectivity index (χ0n) is 10.8. The van der Waals surface area contributed by atoms with Crippen molar-refractivity contribution < 1.29 is 19.1 Å². The summed E-state index contributed by atoms with van der Waals surface area (Å²) in [6, 6.07) is 7.16. The van der Waals surface area contributed by atoms with Crippen LogP contribution in [0.4, 0.5) is 10.5 Å². The molecule has 1 fully saturated rings. The Bertz CT molecular complexity index is 699. The second-order valence-corrected chi connectivity index (χ2v) is 4.36. The number of methoxy groups -OCH3 is 1. The van der Waals surface area contributed by atoms with Gasteiger partial charge >= 0.3 is 12.1 Å². The van der Waals surface area contributed by atoms with Crippen molar-refractivity contribution in [2.45, 2.75) is 0 Å². The van der Waals surface area contributed by atoms with Crippen LogP contribution in [0.2, 0.25) is 0 Å². The SMILES string of the molecule is COC(=O)c1cc2ccc(N3CCOC3=O)cc2cn1. The number of anilines is 1. The smallest absolute Gasteiger partial charge is 0.414 e. The van der Waals surface area contributed by atoms with Gasteiger partial charge in [-0.2, -0.15) is 0 Å². The molecule has 0 aliphatic carbocycles. The number of amides is 1. The van der Waals surface area contributed by atoms with E-state index in [1.807, 2.05) is 18.2 Å². The molecule has 1 saturated heterocycles. The molecule has 1 aliphatic heterocycles. The summed E-state index contributed by atoms with van der Waals surface area (Å²) in [7, 11) is 1.32. The van der Waals surface area contributed by atoms with Gasteiger partial charge in [-0.05, 0) is 23.6 Å². The van der Waals surface area contributed by atoms with Crippen LogP contribution < -0.4 is 4.90 Å². The molecule has 0 atom stereocenters. The molecule has 20 heavy (non-hydrogen) atoms. The van der Waals surface area contributed by atoms with Crippen molar-refractivity contribution in [1.82, 2.24) is 4.98 Å². The van der Waals surface area contributed by atoms with Crippen LogP contribution in [0.5, 0.6) is 0 Å². The average Bonchev–Trinajstić information content (AvgIpc) is 2.91. The Kier molecular flexibility index (Phi) is 2.98. The van der Waals surface area contributed by atoms with Gasteiger partial charge in [0.25, 0.3) is 0 Å². The van der Waals surface area contributed by atoms with Crippen molar-refractivity contribution in [3.05, 3.63) is 36.2 Å². The topological polar surface area (TPSA) is 68.7 Å². The first-order chi connectivity index (χ1) is 9.69. The lowest BCUT2D eigenvalue weighted by Crippen LogP contribution is -2.23. The number of hydrogen-bond acceptors (Lipinski definition) is 5. The first-order valence-corrected chi connectivity index (χ1v) is 6.11. The van der Waals surface area contributed by atoms with Crippen LogP contribution in [-0.4, -0.2) is 37.3 Å². The molecule has 102 valence electrons. The van der Waals surface area contributed by atoms with E-state index in [9.17, 15) is 9.59 Å². The fourth-order valence-electron chi connectivity index (χ4n) is 2.14. The van der Waals surface area contributed by atoms with E-state index in [0.717, 1.165) is 16.5 Å². The second kappa shape index (κ2) is 4.80. The maximum absolute atomic E-state index is 11.5. The van der Waals surface area contributed by atoms with Gasteiger partial charge in [-0.25, -0.2) is 14.6 Å². The summed E-state index contributed by atoms with van der Waals surface area (Å²) in [5.74, 6) is -0.473. The molecule has 2 heterocycles. The zero-order valence-corrected chi connectivity index (χ0v) is 10.8. The van der Waals surface area contributed by atoms with Crippen molar-refractivity contribution in [3.8, 4) is 0 Å². The highest BCUT2D eigenvalue weighted by Gasteiger charge is 2.23. The zero-order chi connectivity index (χ0) is 14.1. The summed E-state index contributed by atoms with van der Waals surface area (Å²) in [5, 5.41) is 1.70. The van der Waals surface area contributed by atoms with E-state index in [4.69, 9.17) is 4.74 Å². The van der Waals surface area contributed by atoms with E-state index < -0.39 is 5.97 Å². The molecule has 6 heteroatoms. The maximum Gasteiger partial charge on any atom is 0.414 e. The molecule has 0 bridgehead atoms. The van der Waals surface area contributed by atoms with Gasteiger partial charge in [-0.1, -0.05) is 6.07 Å². The predicted molar refractivity (Wildman–Crippen MR) is 71.8 cm³/mol. The Hall–Kier alpha value is -2.63. The second-order valence-electron chi connectivity index (χ2n) is 4.36. The fourth-order valence-corrected chi connectivity index (χ4v) is 2.14. The van der Waals surface area contributed by atoms with Gasteiger partial charge in [0.1, 0.15) is 12.3 Å². The molecule has 1 aliphatic rings. The number of ether oxygens (including phenoxy) is 2. The van der Waals surface area contributed by atoms with Crippen molar-refractivity contribution >= 4 is 28.5 Å². The molecule has 0 radical (unpaired) electrons. The van der Waals surface area contributed by atoms with Crippen molar-refractivity contribution in [1.29, 1.82) is 0 Å². The van der Waals surface area contributed by atoms with Crippen LogP contribution in [0.15, 0.2) is 30.5 Å². The summed E-state index contributed by atoms with van der Waals surface area (Å²) >= 11 is 0. The van der Waals surface area contributed by atoms with Crippen LogP contribution in [0.1, 0.15) is 10.5 Å². The van der Waals surface area contributed by atoms with Crippen LogP contribution in [0.25, 0.3) is 10.8 Å². The van der Waals surface area contributed by atoms with Crippen LogP contribution in [0, 0.1) is 0 Å². The standard InChI is InChI=1S/C14H12N2O4/c1-19-13(17)12-7-9-2-3-11(6-10(9)8-15-12)16-4-5-20-14(16)18/h2-3,6-8H,4-5H2,1H3. The molecular weight excluding hydrogens is 260 g/mol. The quantitative estimate of drug-likeness (QED) is 0.782. The molecule has 1 aromatic heterocycles. The number of rotatable bonds is 2. The molecule has 0 N–H and O–H groups in total. The number of benzene rings is 1. The minimum absolute atomic E-state index is 0.258. The van der Waals surface area contributed by atoms with Crippen LogP contribution in [0.3, 0.4) is 0 Å². The number of carbonyl (C=O) groups excluding carboxylic acids is 2. The summed E-state index contributed by atoms with van der Waals surface area (Å²) in [5.41, 5.74) is 1.01. The first kappa shape index (κ1) is 12.4. The fraction of sp³-hybridized carbons (Fsp3) is 0.214. The molecule has 6 nitrogen and oxygen atoms in total. The molecule has 1 aromatic carbocycles. The molecule has 0 unspecified atom stereocenters. The number of carbonyl (C=O) groups is 2. The lowest BCUT2D eigenvalue weighted by atomic mass is 10.1. The van der Waals surface area contributed by atoms with Gasteiger partial charge in [-0.3, -0.25) is 4.90 Å². The van der Waals surface area contributed by atoms with E-state index in [2.05, 4.69) is 9.72 Å². The van der Waals surface area contributed by atoms with Gasteiger partial charge < -0.3 is 9.47 Å². The van der Waals surface area contributed by atoms with Crippen molar-refractivity contribution in [2.24, 2.45) is 0 Å². The number of esters is 1. The average molecular weight is 272 g/mol. The van der Waals surface area contributed by atoms with E-state index >= 15 is 0 Å². The third-order valence-electron chi connectivity index (χ3n) is 3.17. The van der Waals surface area contributed by atoms with Gasteiger partial charge in [0, 0.05) is 17.3 Å². The van der Waals surface area contributed by atoms with E-state index in [-0.39, 0.29) is 11.8 Å². The molecule has 1 amide bonds. The van der Waals surface area contributed by atoms with E-state index in [1.165, 1.54) is 7.11 Å². The minimum Gasteiger partial charge on any atom is -0.464 e. The number of aromatic nitrogens is 1. The lowest BCUT2D eigenvalue weighted by Gasteiger charge is -2.13. The molecular formula is C14H12N2O4. The van der Waals surface area contributed by atoms with Crippen LogP contribution >= 0.6 is 0 Å². The molecule has 0 saturated carbocycles. The van der Waals surface area contributed by atoms with Gasteiger partial charge in [0.05, 0.1) is 13.7 Å². The Morgan fingerprint density at radius 2 is 2.20 bits per heavy atom. The Morgan fingerprint density at radius 3 is 2.90 bits per heavy atom. The highest BCUT2D eigenvalue weighted by molar-refractivity contribution is 5.96. The van der Waals surface area contributed by atoms with Gasteiger partial charge in [-0.15, -0.1) is 0 Å². The first-order valence-electron chi connectivity index (χ1n) is 6.11. The number of pyridine rings is 1. The highest BCUT2D eigenvalue weighted by atomic mass is 16.6. The van der Waals surface area contributed by atoms with Gasteiger partial charge in [0.2, 0.25) is 0 Å². The monoisotopic (exact) mass is 272 g/mol.